The molecule has 0 unspecified atom stereocenters. The largest absolute Gasteiger partial charge is 0.493 e. The first-order valence-corrected chi connectivity index (χ1v) is 15.2. The Balaban J connectivity index is 1.64. The summed E-state index contributed by atoms with van der Waals surface area (Å²) in [4.78, 5) is 27.1. The molecule has 9 heteroatoms. The van der Waals surface area contributed by atoms with Gasteiger partial charge in [0.1, 0.15) is 35.9 Å². The molecule has 9 nitrogen and oxygen atoms in total. The molecule has 0 bridgehead atoms. The maximum atomic E-state index is 13.6. The summed E-state index contributed by atoms with van der Waals surface area (Å²) in [5.41, 5.74) is 2.71. The molecular weight excluding hydrogens is 600 g/mol. The van der Waals surface area contributed by atoms with Gasteiger partial charge in [0, 0.05) is 11.1 Å². The number of carbonyl (C=O) groups is 2. The Morgan fingerprint density at radius 3 is 1.32 bits per heavy atom. The highest BCUT2D eigenvalue weighted by Gasteiger charge is 2.34. The third kappa shape index (κ3) is 7.58. The fourth-order valence-corrected chi connectivity index (χ4v) is 4.97. The predicted octanol–water partition coefficient (Wildman–Crippen LogP) is 8.14. The quantitative estimate of drug-likeness (QED) is 0.112. The molecule has 1 heterocycles. The van der Waals surface area contributed by atoms with E-state index in [0.29, 0.717) is 34.1 Å². The van der Waals surface area contributed by atoms with E-state index in [1.807, 2.05) is 60.7 Å². The molecule has 0 radical (unpaired) electrons. The molecule has 47 heavy (non-hydrogen) atoms. The number of hydrogen-bond donors (Lipinski definition) is 0. The Bertz CT molecular complexity index is 1680. The summed E-state index contributed by atoms with van der Waals surface area (Å²) in [6, 6.07) is 29.6. The van der Waals surface area contributed by atoms with Gasteiger partial charge in [-0.1, -0.05) is 60.7 Å². The maximum Gasteiger partial charge on any atom is 0.342 e. The molecule has 1 aromatic heterocycles. The van der Waals surface area contributed by atoms with Crippen molar-refractivity contribution < 1.29 is 42.4 Å². The second-order valence-corrected chi connectivity index (χ2v) is 10.2. The van der Waals surface area contributed by atoms with Crippen LogP contribution in [0.5, 0.6) is 23.0 Å². The first-order valence-electron chi connectivity index (χ1n) is 15.2. The molecular formula is C38H36O9. The third-order valence-electron chi connectivity index (χ3n) is 7.19. The van der Waals surface area contributed by atoms with Crippen LogP contribution in [0.2, 0.25) is 0 Å². The second kappa shape index (κ2) is 15.5. The van der Waals surface area contributed by atoms with Crippen LogP contribution in [0.25, 0.3) is 22.6 Å². The molecule has 0 N–H and O–H groups in total. The van der Waals surface area contributed by atoms with Gasteiger partial charge in [-0.3, -0.25) is 0 Å². The fourth-order valence-electron chi connectivity index (χ4n) is 4.97. The van der Waals surface area contributed by atoms with Gasteiger partial charge in [-0.05, 0) is 61.4 Å². The Morgan fingerprint density at radius 1 is 0.553 bits per heavy atom. The van der Waals surface area contributed by atoms with Crippen LogP contribution >= 0.6 is 0 Å². The molecule has 0 aliphatic rings. The van der Waals surface area contributed by atoms with Crippen molar-refractivity contribution >= 4 is 11.9 Å². The number of furan rings is 1. The van der Waals surface area contributed by atoms with Crippen LogP contribution in [0.4, 0.5) is 0 Å². The van der Waals surface area contributed by atoms with E-state index in [4.69, 9.17) is 32.8 Å². The number of methoxy groups -OCH3 is 2. The van der Waals surface area contributed by atoms with Gasteiger partial charge in [-0.2, -0.15) is 0 Å². The van der Waals surface area contributed by atoms with Crippen molar-refractivity contribution in [2.24, 2.45) is 0 Å². The lowest BCUT2D eigenvalue weighted by molar-refractivity contribution is 0.0481. The zero-order valence-corrected chi connectivity index (χ0v) is 26.7. The lowest BCUT2D eigenvalue weighted by Gasteiger charge is -2.13. The van der Waals surface area contributed by atoms with Gasteiger partial charge in [0.15, 0.2) is 23.0 Å². The summed E-state index contributed by atoms with van der Waals surface area (Å²) in [6.45, 7) is 4.09. The van der Waals surface area contributed by atoms with Crippen LogP contribution in [0, 0.1) is 0 Å². The molecule has 5 rings (SSSR count). The first kappa shape index (κ1) is 32.7. The van der Waals surface area contributed by atoms with Crippen molar-refractivity contribution in [3.8, 4) is 45.6 Å². The van der Waals surface area contributed by atoms with Crippen molar-refractivity contribution in [3.05, 3.63) is 119 Å². The lowest BCUT2D eigenvalue weighted by atomic mass is 10.0. The van der Waals surface area contributed by atoms with Crippen LogP contribution in [0.1, 0.15) is 45.7 Å². The van der Waals surface area contributed by atoms with Gasteiger partial charge in [-0.15, -0.1) is 0 Å². The molecule has 5 aromatic rings. The minimum atomic E-state index is -0.739. The number of carbonyl (C=O) groups excluding carboxylic acids is 2. The van der Waals surface area contributed by atoms with E-state index in [1.54, 1.807) is 64.5 Å². The molecule has 0 fully saturated rings. The highest BCUT2D eigenvalue weighted by atomic mass is 16.5. The highest BCUT2D eigenvalue weighted by Crippen LogP contribution is 2.43. The number of ether oxygens (including phenoxy) is 6. The number of esters is 2. The van der Waals surface area contributed by atoms with Gasteiger partial charge in [-0.25, -0.2) is 9.59 Å². The molecule has 0 saturated carbocycles. The van der Waals surface area contributed by atoms with Crippen molar-refractivity contribution in [3.63, 3.8) is 0 Å². The topological polar surface area (TPSA) is 103 Å². The summed E-state index contributed by atoms with van der Waals surface area (Å²) in [5, 5.41) is 0. The van der Waals surface area contributed by atoms with E-state index in [0.717, 1.165) is 11.1 Å². The zero-order chi connectivity index (χ0) is 33.2. The van der Waals surface area contributed by atoms with Crippen LogP contribution in [-0.2, 0) is 22.7 Å². The van der Waals surface area contributed by atoms with Crippen molar-refractivity contribution in [1.29, 1.82) is 0 Å². The van der Waals surface area contributed by atoms with E-state index in [-0.39, 0.29) is 49.1 Å². The normalized spacial score (nSPS) is 10.6. The number of hydrogen-bond acceptors (Lipinski definition) is 9. The third-order valence-corrected chi connectivity index (χ3v) is 7.19. The molecule has 0 spiro atoms. The summed E-state index contributed by atoms with van der Waals surface area (Å²) in [5.74, 6) is 0.535. The van der Waals surface area contributed by atoms with Crippen LogP contribution in [0.3, 0.4) is 0 Å². The Labute approximate surface area is 273 Å². The average molecular weight is 637 g/mol. The molecule has 0 aliphatic heterocycles. The SMILES string of the molecule is CCOC(=O)c1c(-c2ccc(OC)c(OCc3ccccc3)c2)oc(-c2ccc(OC)c(OCc3ccccc3)c2)c1C(=O)OCC. The minimum absolute atomic E-state index is 0.0675. The molecule has 242 valence electrons. The van der Waals surface area contributed by atoms with E-state index in [2.05, 4.69) is 0 Å². The Hall–Kier alpha value is -5.70. The summed E-state index contributed by atoms with van der Waals surface area (Å²) in [7, 11) is 3.08. The van der Waals surface area contributed by atoms with Crippen LogP contribution < -0.4 is 18.9 Å². The van der Waals surface area contributed by atoms with Crippen LogP contribution in [-0.4, -0.2) is 39.4 Å². The van der Waals surface area contributed by atoms with Gasteiger partial charge in [0.25, 0.3) is 0 Å². The molecule has 0 saturated heterocycles. The average Bonchev–Trinajstić information content (AvgIpc) is 3.52. The van der Waals surface area contributed by atoms with Gasteiger partial charge >= 0.3 is 11.9 Å². The van der Waals surface area contributed by atoms with Crippen LogP contribution in [0.15, 0.2) is 101 Å². The maximum absolute atomic E-state index is 13.6. The minimum Gasteiger partial charge on any atom is -0.493 e. The van der Waals surface area contributed by atoms with Crippen molar-refractivity contribution in [1.82, 2.24) is 0 Å². The van der Waals surface area contributed by atoms with Gasteiger partial charge in [0.05, 0.1) is 27.4 Å². The van der Waals surface area contributed by atoms with Crippen molar-refractivity contribution in [2.45, 2.75) is 27.1 Å². The van der Waals surface area contributed by atoms with E-state index >= 15 is 0 Å². The summed E-state index contributed by atoms with van der Waals surface area (Å²) >= 11 is 0. The zero-order valence-electron chi connectivity index (χ0n) is 26.7. The fraction of sp³-hybridized carbons (Fsp3) is 0.211. The van der Waals surface area contributed by atoms with E-state index in [1.165, 1.54) is 0 Å². The Morgan fingerprint density at radius 2 is 0.957 bits per heavy atom. The van der Waals surface area contributed by atoms with E-state index in [9.17, 15) is 9.59 Å². The van der Waals surface area contributed by atoms with Crippen molar-refractivity contribution in [2.75, 3.05) is 27.4 Å². The summed E-state index contributed by atoms with van der Waals surface area (Å²) in [6.07, 6.45) is 0. The predicted molar refractivity (Wildman–Crippen MR) is 176 cm³/mol. The Kier molecular flexibility index (Phi) is 10.8. The standard InChI is InChI=1S/C38H36O9/c1-5-43-37(39)33-34(38(40)44-6-2)36(28-18-20-30(42-4)32(22-28)46-24-26-15-11-8-12-16-26)47-35(33)27-17-19-29(41-3)31(21-27)45-23-25-13-9-7-10-14-25/h7-22H,5-6,23-24H2,1-4H3. The lowest BCUT2D eigenvalue weighted by Crippen LogP contribution is -2.14. The molecule has 4 aromatic carbocycles. The smallest absolute Gasteiger partial charge is 0.342 e. The molecule has 0 atom stereocenters. The first-order chi connectivity index (χ1) is 23.0. The summed E-state index contributed by atoms with van der Waals surface area (Å²) < 4.78 is 40.7. The number of benzene rings is 4. The van der Waals surface area contributed by atoms with Gasteiger partial charge in [0.2, 0.25) is 0 Å². The second-order valence-electron chi connectivity index (χ2n) is 10.2. The molecule has 0 amide bonds. The van der Waals surface area contributed by atoms with E-state index < -0.39 is 11.9 Å². The molecule has 0 aliphatic carbocycles. The number of rotatable bonds is 14. The van der Waals surface area contributed by atoms with Gasteiger partial charge < -0.3 is 32.8 Å². The highest BCUT2D eigenvalue weighted by molar-refractivity contribution is 6.11. The monoisotopic (exact) mass is 636 g/mol.